The third-order valence-electron chi connectivity index (χ3n) is 4.79. The van der Waals surface area contributed by atoms with Crippen LogP contribution in [-0.2, 0) is 4.79 Å². The van der Waals surface area contributed by atoms with Gasteiger partial charge in [-0.25, -0.2) is 0 Å². The Balaban J connectivity index is 2.08. The summed E-state index contributed by atoms with van der Waals surface area (Å²) in [6, 6.07) is 9.21. The second-order valence-corrected chi connectivity index (χ2v) is 6.29. The fourth-order valence-corrected chi connectivity index (χ4v) is 3.07. The van der Waals surface area contributed by atoms with Gasteiger partial charge in [0.25, 0.3) is 0 Å². The van der Waals surface area contributed by atoms with E-state index in [-0.39, 0.29) is 18.6 Å². The number of hydrogen-bond donors (Lipinski definition) is 3. The topological polar surface area (TPSA) is 75.4 Å². The fraction of sp³-hybridized carbons (Fsp3) is 0.588. The van der Waals surface area contributed by atoms with Crippen molar-refractivity contribution in [2.75, 3.05) is 13.2 Å². The van der Waals surface area contributed by atoms with Gasteiger partial charge in [-0.05, 0) is 37.2 Å². The standard InChI is InChI=1S/C17H26N2O2/c1-13-7-9-17(12-18,10-8-13)16(21)19-15(11-20)14-5-3-2-4-6-14/h2-6,13,15,20H,7-12,18H2,1H3,(H,19,21). The summed E-state index contributed by atoms with van der Waals surface area (Å²) in [6.07, 6.45) is 3.76. The molecule has 1 aromatic carbocycles. The van der Waals surface area contributed by atoms with Crippen molar-refractivity contribution in [3.05, 3.63) is 35.9 Å². The van der Waals surface area contributed by atoms with E-state index in [0.717, 1.165) is 31.2 Å². The molecule has 1 amide bonds. The SMILES string of the molecule is CC1CCC(CN)(C(=O)NC(CO)c2ccccc2)CC1. The molecule has 1 aliphatic carbocycles. The van der Waals surface area contributed by atoms with E-state index >= 15 is 0 Å². The molecule has 4 nitrogen and oxygen atoms in total. The normalized spacial score (nSPS) is 27.1. The molecular formula is C17H26N2O2. The molecule has 1 atom stereocenters. The molecule has 0 saturated heterocycles. The molecule has 21 heavy (non-hydrogen) atoms. The minimum atomic E-state index is -0.464. The van der Waals surface area contributed by atoms with Crippen molar-refractivity contribution in [1.29, 1.82) is 0 Å². The summed E-state index contributed by atoms with van der Waals surface area (Å²) < 4.78 is 0. The zero-order valence-electron chi connectivity index (χ0n) is 12.7. The lowest BCUT2D eigenvalue weighted by Crippen LogP contribution is -2.49. The van der Waals surface area contributed by atoms with Crippen molar-refractivity contribution in [3.8, 4) is 0 Å². The summed E-state index contributed by atoms with van der Waals surface area (Å²) in [6.45, 7) is 2.49. The minimum absolute atomic E-state index is 0.0141. The number of rotatable bonds is 5. The van der Waals surface area contributed by atoms with Gasteiger partial charge in [0.15, 0.2) is 0 Å². The Morgan fingerprint density at radius 2 is 2.00 bits per heavy atom. The Kier molecular flexibility index (Phi) is 5.37. The Hall–Kier alpha value is -1.39. The van der Waals surface area contributed by atoms with Gasteiger partial charge in [-0.3, -0.25) is 4.79 Å². The third kappa shape index (κ3) is 3.63. The molecule has 1 fully saturated rings. The predicted molar refractivity (Wildman–Crippen MR) is 83.5 cm³/mol. The molecule has 0 spiro atoms. The number of aliphatic hydroxyl groups is 1. The maximum atomic E-state index is 12.7. The quantitative estimate of drug-likeness (QED) is 0.776. The van der Waals surface area contributed by atoms with Gasteiger partial charge < -0.3 is 16.2 Å². The highest BCUT2D eigenvalue weighted by atomic mass is 16.3. The van der Waals surface area contributed by atoms with E-state index in [4.69, 9.17) is 5.73 Å². The molecule has 1 unspecified atom stereocenters. The number of nitrogens with two attached hydrogens (primary N) is 1. The van der Waals surface area contributed by atoms with Gasteiger partial charge in [0.2, 0.25) is 5.91 Å². The van der Waals surface area contributed by atoms with Crippen LogP contribution < -0.4 is 11.1 Å². The number of carbonyl (C=O) groups is 1. The summed E-state index contributed by atoms with van der Waals surface area (Å²) in [5.74, 6) is 0.653. The molecule has 2 rings (SSSR count). The zero-order valence-corrected chi connectivity index (χ0v) is 12.7. The lowest BCUT2D eigenvalue weighted by atomic mass is 9.70. The van der Waals surface area contributed by atoms with E-state index in [0.29, 0.717) is 12.5 Å². The molecule has 0 aliphatic heterocycles. The summed E-state index contributed by atoms with van der Waals surface area (Å²) in [7, 11) is 0. The number of amides is 1. The first-order valence-electron chi connectivity index (χ1n) is 7.78. The molecule has 116 valence electrons. The summed E-state index contributed by atoms with van der Waals surface area (Å²) in [4.78, 5) is 12.7. The number of benzene rings is 1. The fourth-order valence-electron chi connectivity index (χ4n) is 3.07. The highest BCUT2D eigenvalue weighted by Crippen LogP contribution is 2.38. The Morgan fingerprint density at radius 3 is 2.52 bits per heavy atom. The molecule has 0 bridgehead atoms. The van der Waals surface area contributed by atoms with Crippen LogP contribution in [0, 0.1) is 11.3 Å². The molecular weight excluding hydrogens is 264 g/mol. The lowest BCUT2D eigenvalue weighted by molar-refractivity contribution is -0.134. The van der Waals surface area contributed by atoms with Gasteiger partial charge in [0.1, 0.15) is 0 Å². The highest BCUT2D eigenvalue weighted by molar-refractivity contribution is 5.83. The number of aliphatic hydroxyl groups excluding tert-OH is 1. The first-order chi connectivity index (χ1) is 10.1. The van der Waals surface area contributed by atoms with Crippen LogP contribution >= 0.6 is 0 Å². The van der Waals surface area contributed by atoms with Crippen molar-refractivity contribution in [2.24, 2.45) is 17.1 Å². The van der Waals surface area contributed by atoms with Crippen molar-refractivity contribution >= 4 is 5.91 Å². The largest absolute Gasteiger partial charge is 0.394 e. The van der Waals surface area contributed by atoms with Crippen molar-refractivity contribution in [2.45, 2.75) is 38.6 Å². The van der Waals surface area contributed by atoms with Crippen LogP contribution in [0.3, 0.4) is 0 Å². The van der Waals surface area contributed by atoms with Crippen LogP contribution in [-0.4, -0.2) is 24.2 Å². The van der Waals surface area contributed by atoms with Gasteiger partial charge in [-0.2, -0.15) is 0 Å². The van der Waals surface area contributed by atoms with E-state index in [1.807, 2.05) is 30.3 Å². The summed E-state index contributed by atoms with van der Waals surface area (Å²) in [5.41, 5.74) is 6.37. The highest BCUT2D eigenvalue weighted by Gasteiger charge is 2.40. The monoisotopic (exact) mass is 290 g/mol. The average molecular weight is 290 g/mol. The molecule has 1 aliphatic rings. The maximum absolute atomic E-state index is 12.7. The Bertz CT molecular complexity index is 453. The smallest absolute Gasteiger partial charge is 0.228 e. The van der Waals surface area contributed by atoms with Gasteiger partial charge in [-0.15, -0.1) is 0 Å². The van der Waals surface area contributed by atoms with Gasteiger partial charge in [-0.1, -0.05) is 37.3 Å². The van der Waals surface area contributed by atoms with Crippen LogP contribution in [0.15, 0.2) is 30.3 Å². The number of carbonyl (C=O) groups excluding carboxylic acids is 1. The Morgan fingerprint density at radius 1 is 1.38 bits per heavy atom. The average Bonchev–Trinajstić information content (AvgIpc) is 2.54. The lowest BCUT2D eigenvalue weighted by Gasteiger charge is -2.38. The first-order valence-corrected chi connectivity index (χ1v) is 7.78. The predicted octanol–water partition coefficient (Wildman–Crippen LogP) is 1.99. The molecule has 0 aromatic heterocycles. The van der Waals surface area contributed by atoms with Gasteiger partial charge in [0, 0.05) is 6.54 Å². The second-order valence-electron chi connectivity index (χ2n) is 6.29. The molecule has 1 aromatic rings. The summed E-state index contributed by atoms with van der Waals surface area (Å²) >= 11 is 0. The molecule has 4 heteroatoms. The molecule has 0 heterocycles. The van der Waals surface area contributed by atoms with E-state index in [1.54, 1.807) is 0 Å². The van der Waals surface area contributed by atoms with Crippen LogP contribution in [0.1, 0.15) is 44.2 Å². The van der Waals surface area contributed by atoms with Crippen molar-refractivity contribution in [3.63, 3.8) is 0 Å². The first kappa shape index (κ1) is 16.0. The van der Waals surface area contributed by atoms with Crippen LogP contribution in [0.4, 0.5) is 0 Å². The van der Waals surface area contributed by atoms with Crippen LogP contribution in [0.5, 0.6) is 0 Å². The van der Waals surface area contributed by atoms with Crippen LogP contribution in [0.2, 0.25) is 0 Å². The maximum Gasteiger partial charge on any atom is 0.228 e. The zero-order chi connectivity index (χ0) is 15.3. The second kappa shape index (κ2) is 7.05. The molecule has 0 radical (unpaired) electrons. The Labute approximate surface area is 126 Å². The number of nitrogens with one attached hydrogen (secondary N) is 1. The molecule has 4 N–H and O–H groups in total. The third-order valence-corrected chi connectivity index (χ3v) is 4.79. The van der Waals surface area contributed by atoms with Crippen molar-refractivity contribution < 1.29 is 9.90 Å². The van der Waals surface area contributed by atoms with E-state index in [9.17, 15) is 9.90 Å². The van der Waals surface area contributed by atoms with Gasteiger partial charge >= 0.3 is 0 Å². The van der Waals surface area contributed by atoms with Gasteiger partial charge in [0.05, 0.1) is 18.1 Å². The van der Waals surface area contributed by atoms with Crippen LogP contribution in [0.25, 0.3) is 0 Å². The van der Waals surface area contributed by atoms with Crippen molar-refractivity contribution in [1.82, 2.24) is 5.32 Å². The summed E-state index contributed by atoms with van der Waals surface area (Å²) in [5, 5.41) is 12.6. The van der Waals surface area contributed by atoms with E-state index in [1.165, 1.54) is 0 Å². The number of hydrogen-bond acceptors (Lipinski definition) is 3. The van der Waals surface area contributed by atoms with E-state index in [2.05, 4.69) is 12.2 Å². The molecule has 1 saturated carbocycles. The van der Waals surface area contributed by atoms with E-state index < -0.39 is 5.41 Å². The minimum Gasteiger partial charge on any atom is -0.394 e.